The number of benzene rings is 1. The molecule has 2 fully saturated rings. The normalized spacial score (nSPS) is 19.5. The van der Waals surface area contributed by atoms with Crippen molar-refractivity contribution in [3.8, 4) is 11.6 Å². The maximum atomic E-state index is 13.9. The number of anilines is 2. The van der Waals surface area contributed by atoms with Gasteiger partial charge in [-0.15, -0.1) is 0 Å². The number of halogens is 1. The molecular formula is C20H25FN6O2. The molecule has 9 heteroatoms. The van der Waals surface area contributed by atoms with Gasteiger partial charge in [0.15, 0.2) is 11.6 Å². The molecule has 1 aromatic carbocycles. The van der Waals surface area contributed by atoms with Crippen molar-refractivity contribution in [1.29, 1.82) is 0 Å². The summed E-state index contributed by atoms with van der Waals surface area (Å²) in [5.41, 5.74) is 5.85. The lowest BCUT2D eigenvalue weighted by Gasteiger charge is -2.28. The summed E-state index contributed by atoms with van der Waals surface area (Å²) in [5.74, 6) is -0.145. The predicted octanol–water partition coefficient (Wildman–Crippen LogP) is 3.08. The standard InChI is InChI=1S/C20H25FN6O2/c21-16-10-14(22)5-6-17(16)29-19-11-18(23-13-24-19)25-20(28)27-9-3-4-15(27)12-26-7-1-2-8-26/h5-6,10-11,13,15H,1-4,7-9,12,22H2,(H,23,24,25,28)/t15-/m1/s1. The van der Waals surface area contributed by atoms with E-state index in [2.05, 4.69) is 20.2 Å². The van der Waals surface area contributed by atoms with Crippen molar-refractivity contribution in [2.45, 2.75) is 31.7 Å². The molecule has 0 spiro atoms. The lowest BCUT2D eigenvalue weighted by atomic mass is 10.2. The van der Waals surface area contributed by atoms with Gasteiger partial charge >= 0.3 is 6.03 Å². The van der Waals surface area contributed by atoms with Gasteiger partial charge in [0, 0.05) is 37.0 Å². The highest BCUT2D eigenvalue weighted by Gasteiger charge is 2.31. The van der Waals surface area contributed by atoms with Crippen molar-refractivity contribution in [3.05, 3.63) is 36.4 Å². The van der Waals surface area contributed by atoms with E-state index in [4.69, 9.17) is 10.5 Å². The van der Waals surface area contributed by atoms with Crippen LogP contribution in [-0.2, 0) is 0 Å². The highest BCUT2D eigenvalue weighted by Crippen LogP contribution is 2.26. The molecule has 4 rings (SSSR count). The minimum absolute atomic E-state index is 0.000367. The van der Waals surface area contributed by atoms with Gasteiger partial charge in [0.05, 0.1) is 0 Å². The zero-order valence-electron chi connectivity index (χ0n) is 16.2. The number of aromatic nitrogens is 2. The van der Waals surface area contributed by atoms with Gasteiger partial charge < -0.3 is 20.3 Å². The van der Waals surface area contributed by atoms with E-state index in [0.717, 1.165) is 39.0 Å². The molecule has 2 aromatic rings. The first-order valence-corrected chi connectivity index (χ1v) is 9.93. The van der Waals surface area contributed by atoms with Crippen LogP contribution in [0.15, 0.2) is 30.6 Å². The van der Waals surface area contributed by atoms with Gasteiger partial charge in [-0.05, 0) is 50.9 Å². The second-order valence-electron chi connectivity index (χ2n) is 7.46. The van der Waals surface area contributed by atoms with Crippen LogP contribution in [0.3, 0.4) is 0 Å². The number of carbonyl (C=O) groups excluding carboxylic acids is 1. The molecule has 0 unspecified atom stereocenters. The van der Waals surface area contributed by atoms with Crippen LogP contribution in [0.1, 0.15) is 25.7 Å². The zero-order valence-corrected chi connectivity index (χ0v) is 16.2. The van der Waals surface area contributed by atoms with Crippen molar-refractivity contribution >= 4 is 17.5 Å². The third-order valence-corrected chi connectivity index (χ3v) is 5.35. The number of ether oxygens (including phenoxy) is 1. The van der Waals surface area contributed by atoms with Crippen LogP contribution < -0.4 is 15.8 Å². The average Bonchev–Trinajstić information content (AvgIpc) is 3.37. The molecule has 0 saturated carbocycles. The van der Waals surface area contributed by atoms with E-state index in [1.165, 1.54) is 43.4 Å². The molecule has 2 aliphatic heterocycles. The SMILES string of the molecule is Nc1ccc(Oc2cc(NC(=O)N3CCC[C@@H]3CN3CCCC3)ncn2)c(F)c1. The fourth-order valence-electron chi connectivity index (χ4n) is 3.91. The van der Waals surface area contributed by atoms with Gasteiger partial charge in [-0.1, -0.05) is 0 Å². The summed E-state index contributed by atoms with van der Waals surface area (Å²) in [6, 6.07) is 5.64. The summed E-state index contributed by atoms with van der Waals surface area (Å²) < 4.78 is 19.4. The van der Waals surface area contributed by atoms with E-state index >= 15 is 0 Å². The van der Waals surface area contributed by atoms with Crippen LogP contribution in [0.5, 0.6) is 11.6 Å². The minimum Gasteiger partial charge on any atom is -0.436 e. The van der Waals surface area contributed by atoms with E-state index in [-0.39, 0.29) is 23.7 Å². The van der Waals surface area contributed by atoms with Gasteiger partial charge in [0.2, 0.25) is 5.88 Å². The number of hydrogen-bond donors (Lipinski definition) is 2. The Morgan fingerprint density at radius 1 is 1.21 bits per heavy atom. The molecule has 0 aliphatic carbocycles. The monoisotopic (exact) mass is 400 g/mol. The van der Waals surface area contributed by atoms with Gasteiger partial charge in [0.25, 0.3) is 0 Å². The van der Waals surface area contributed by atoms with Gasteiger partial charge in [0.1, 0.15) is 12.1 Å². The van der Waals surface area contributed by atoms with Gasteiger partial charge in [-0.25, -0.2) is 19.2 Å². The van der Waals surface area contributed by atoms with Gasteiger partial charge in [-0.2, -0.15) is 0 Å². The molecule has 154 valence electrons. The number of nitrogens with one attached hydrogen (secondary N) is 1. The summed E-state index contributed by atoms with van der Waals surface area (Å²) in [4.78, 5) is 25.1. The average molecular weight is 400 g/mol. The fraction of sp³-hybridized carbons (Fsp3) is 0.450. The van der Waals surface area contributed by atoms with Crippen molar-refractivity contribution in [1.82, 2.24) is 19.8 Å². The molecular weight excluding hydrogens is 375 g/mol. The number of nitrogen functional groups attached to an aromatic ring is 1. The smallest absolute Gasteiger partial charge is 0.323 e. The van der Waals surface area contributed by atoms with Gasteiger partial charge in [-0.3, -0.25) is 5.32 Å². The molecule has 0 bridgehead atoms. The highest BCUT2D eigenvalue weighted by molar-refractivity contribution is 5.88. The largest absolute Gasteiger partial charge is 0.436 e. The summed E-state index contributed by atoms with van der Waals surface area (Å²) in [6.45, 7) is 3.87. The number of likely N-dealkylation sites (tertiary alicyclic amines) is 2. The first kappa shape index (κ1) is 19.4. The third-order valence-electron chi connectivity index (χ3n) is 5.35. The minimum atomic E-state index is -0.587. The molecule has 8 nitrogen and oxygen atoms in total. The van der Waals surface area contributed by atoms with Crippen LogP contribution >= 0.6 is 0 Å². The topological polar surface area (TPSA) is 96.6 Å². The van der Waals surface area contributed by atoms with Crippen molar-refractivity contribution in [3.63, 3.8) is 0 Å². The van der Waals surface area contributed by atoms with Crippen LogP contribution in [0, 0.1) is 5.82 Å². The Labute approximate surface area is 168 Å². The Kier molecular flexibility index (Phi) is 5.75. The van der Waals surface area contributed by atoms with E-state index in [9.17, 15) is 9.18 Å². The van der Waals surface area contributed by atoms with Crippen LogP contribution in [-0.4, -0.2) is 58.0 Å². The number of hydrogen-bond acceptors (Lipinski definition) is 6. The molecule has 2 aliphatic rings. The molecule has 3 heterocycles. The van der Waals surface area contributed by atoms with Crippen molar-refractivity contribution in [2.75, 3.05) is 37.2 Å². The second kappa shape index (κ2) is 8.60. The summed E-state index contributed by atoms with van der Waals surface area (Å²) in [6.07, 6.45) is 5.75. The Balaban J connectivity index is 1.39. The van der Waals surface area contributed by atoms with E-state index in [0.29, 0.717) is 11.5 Å². The first-order valence-electron chi connectivity index (χ1n) is 9.93. The van der Waals surface area contributed by atoms with E-state index < -0.39 is 5.82 Å². The Morgan fingerprint density at radius 2 is 2.03 bits per heavy atom. The molecule has 2 amide bonds. The molecule has 3 N–H and O–H groups in total. The number of rotatable bonds is 5. The van der Waals surface area contributed by atoms with Crippen LogP contribution in [0.2, 0.25) is 0 Å². The molecule has 0 radical (unpaired) electrons. The maximum absolute atomic E-state index is 13.9. The summed E-state index contributed by atoms with van der Waals surface area (Å²) >= 11 is 0. The quantitative estimate of drug-likeness (QED) is 0.749. The van der Waals surface area contributed by atoms with Crippen LogP contribution in [0.4, 0.5) is 20.7 Å². The Bertz CT molecular complexity index is 874. The summed E-state index contributed by atoms with van der Waals surface area (Å²) in [5, 5.41) is 2.81. The number of carbonyl (C=O) groups is 1. The van der Waals surface area contributed by atoms with Crippen LogP contribution in [0.25, 0.3) is 0 Å². The molecule has 1 aromatic heterocycles. The first-order chi connectivity index (χ1) is 14.1. The number of urea groups is 1. The van der Waals surface area contributed by atoms with Crippen molar-refractivity contribution in [2.24, 2.45) is 0 Å². The second-order valence-corrected chi connectivity index (χ2v) is 7.46. The van der Waals surface area contributed by atoms with Crippen molar-refractivity contribution < 1.29 is 13.9 Å². The lowest BCUT2D eigenvalue weighted by Crippen LogP contribution is -2.44. The van der Waals surface area contributed by atoms with E-state index in [1.807, 2.05) is 4.90 Å². The summed E-state index contributed by atoms with van der Waals surface area (Å²) in [7, 11) is 0. The number of nitrogens with two attached hydrogens (primary N) is 1. The van der Waals surface area contributed by atoms with E-state index in [1.54, 1.807) is 0 Å². The third kappa shape index (κ3) is 4.73. The fourth-order valence-corrected chi connectivity index (χ4v) is 3.91. The Morgan fingerprint density at radius 3 is 2.83 bits per heavy atom. The lowest BCUT2D eigenvalue weighted by molar-refractivity contribution is 0.186. The molecule has 1 atom stereocenters. The zero-order chi connectivity index (χ0) is 20.2. The predicted molar refractivity (Wildman–Crippen MR) is 107 cm³/mol. The molecule has 2 saturated heterocycles. The Hall–Kier alpha value is -2.94. The molecule has 29 heavy (non-hydrogen) atoms. The maximum Gasteiger partial charge on any atom is 0.323 e. The highest BCUT2D eigenvalue weighted by atomic mass is 19.1. The number of nitrogens with zero attached hydrogens (tertiary/aromatic N) is 4. The number of amides is 2.